The van der Waals surface area contributed by atoms with Gasteiger partial charge in [0.05, 0.1) is 23.3 Å². The lowest BCUT2D eigenvalue weighted by Crippen LogP contribution is -2.47. The van der Waals surface area contributed by atoms with Gasteiger partial charge in [-0.25, -0.2) is 0 Å². The fourth-order valence-corrected chi connectivity index (χ4v) is 7.92. The molecule has 56 heavy (non-hydrogen) atoms. The molecule has 288 valence electrons. The number of piperidine rings is 2. The molecule has 4 heterocycles. The molecule has 0 radical (unpaired) electrons. The van der Waals surface area contributed by atoms with Crippen LogP contribution in [0.5, 0.6) is 0 Å². The zero-order chi connectivity index (χ0) is 37.7. The number of hydrogen-bond acceptors (Lipinski definition) is 9. The first-order valence-corrected chi connectivity index (χ1v) is 19.0. The molecule has 0 spiro atoms. The quantitative estimate of drug-likeness (QED) is 0.182. The Kier molecular flexibility index (Phi) is 13.9. The highest BCUT2D eigenvalue weighted by Gasteiger charge is 2.34. The third-order valence-electron chi connectivity index (χ3n) is 10.9. The summed E-state index contributed by atoms with van der Waals surface area (Å²) in [6.45, 7) is 9.95. The summed E-state index contributed by atoms with van der Waals surface area (Å²) < 4.78 is 0. The van der Waals surface area contributed by atoms with Crippen LogP contribution in [0.4, 0.5) is 11.6 Å². The van der Waals surface area contributed by atoms with E-state index in [1.807, 2.05) is 61.6 Å². The molecule has 1 N–H and O–H groups in total. The summed E-state index contributed by atoms with van der Waals surface area (Å²) in [5.74, 6) is 1.96. The number of benzene rings is 4. The van der Waals surface area contributed by atoms with Crippen LogP contribution >= 0.6 is 24.8 Å². The van der Waals surface area contributed by atoms with Crippen molar-refractivity contribution in [3.05, 3.63) is 108 Å². The Hall–Kier alpha value is -5.32. The third kappa shape index (κ3) is 8.87. The normalized spacial score (nSPS) is 15.8. The number of anilines is 2. The van der Waals surface area contributed by atoms with Gasteiger partial charge in [-0.2, -0.15) is 10.5 Å². The zero-order valence-electron chi connectivity index (χ0n) is 32.4. The topological polar surface area (TPSA) is 118 Å². The second-order valence-electron chi connectivity index (χ2n) is 15.3. The van der Waals surface area contributed by atoms with E-state index in [1.165, 1.54) is 19.3 Å². The van der Waals surface area contributed by atoms with E-state index in [0.29, 0.717) is 23.2 Å². The predicted molar refractivity (Wildman–Crippen MR) is 233 cm³/mol. The minimum Gasteiger partial charge on any atom is -0.354 e. The highest BCUT2D eigenvalue weighted by Crippen LogP contribution is 2.39. The van der Waals surface area contributed by atoms with Crippen LogP contribution in [0.2, 0.25) is 0 Å². The van der Waals surface area contributed by atoms with Gasteiger partial charge in [-0.1, -0.05) is 93.6 Å². The molecular weight excluding hydrogens is 737 g/mol. The molecule has 4 aromatic carbocycles. The van der Waals surface area contributed by atoms with Crippen LogP contribution in [0.15, 0.2) is 97.1 Å². The summed E-state index contributed by atoms with van der Waals surface area (Å²) in [5.41, 5.74) is 5.18. The Balaban J connectivity index is 0.000000207. The van der Waals surface area contributed by atoms with Gasteiger partial charge in [-0.3, -0.25) is 0 Å². The highest BCUT2D eigenvalue weighted by molar-refractivity contribution is 6.01. The molecule has 2 aliphatic rings. The SMILES string of the molecule is CC(C)(C)C1CCCCN1c1nnc(-c2ccc(C#N)cc2)c2ccccc12.CNC1CCN(c2nnc(-c3ccc(C#N)cc3)c3ccccc23)CC1.Cl.Cl. The highest BCUT2D eigenvalue weighted by atomic mass is 35.5. The van der Waals surface area contributed by atoms with Gasteiger partial charge < -0.3 is 15.1 Å². The van der Waals surface area contributed by atoms with Gasteiger partial charge in [0.25, 0.3) is 0 Å². The van der Waals surface area contributed by atoms with E-state index in [0.717, 1.165) is 88.2 Å². The summed E-state index contributed by atoms with van der Waals surface area (Å²) in [5, 5.41) is 44.4. The molecule has 0 aliphatic carbocycles. The second-order valence-corrected chi connectivity index (χ2v) is 15.3. The average Bonchev–Trinajstić information content (AvgIpc) is 3.23. The first-order chi connectivity index (χ1) is 26.3. The largest absolute Gasteiger partial charge is 0.354 e. The van der Waals surface area contributed by atoms with Crippen molar-refractivity contribution >= 4 is 58.0 Å². The van der Waals surface area contributed by atoms with E-state index in [9.17, 15) is 0 Å². The molecule has 0 bridgehead atoms. The summed E-state index contributed by atoms with van der Waals surface area (Å²) in [6, 6.07) is 37.2. The fourth-order valence-electron chi connectivity index (χ4n) is 7.92. The van der Waals surface area contributed by atoms with Crippen molar-refractivity contribution < 1.29 is 0 Å². The second kappa shape index (κ2) is 18.5. The molecule has 2 fully saturated rings. The van der Waals surface area contributed by atoms with Gasteiger partial charge in [0.15, 0.2) is 11.6 Å². The van der Waals surface area contributed by atoms with E-state index in [-0.39, 0.29) is 30.2 Å². The minimum atomic E-state index is 0. The van der Waals surface area contributed by atoms with Crippen LogP contribution in [0.3, 0.4) is 0 Å². The third-order valence-corrected chi connectivity index (χ3v) is 10.9. The number of hydrogen-bond donors (Lipinski definition) is 1. The molecule has 0 amide bonds. The molecule has 8 rings (SSSR count). The summed E-state index contributed by atoms with van der Waals surface area (Å²) in [7, 11) is 2.03. The Bertz CT molecular complexity index is 2320. The molecule has 0 saturated carbocycles. The first-order valence-electron chi connectivity index (χ1n) is 19.0. The van der Waals surface area contributed by atoms with E-state index in [2.05, 4.69) is 106 Å². The molecular formula is C45H49Cl2N9. The number of halogens is 2. The summed E-state index contributed by atoms with van der Waals surface area (Å²) in [6.07, 6.45) is 5.89. The molecule has 2 saturated heterocycles. The lowest BCUT2D eigenvalue weighted by Gasteiger charge is -2.44. The maximum atomic E-state index is 9.06. The number of nitrogens with zero attached hydrogens (tertiary/aromatic N) is 8. The maximum Gasteiger partial charge on any atom is 0.159 e. The van der Waals surface area contributed by atoms with Gasteiger partial charge in [-0.05, 0) is 68.8 Å². The molecule has 1 atom stereocenters. The Morgan fingerprint density at radius 3 is 1.52 bits per heavy atom. The average molecular weight is 787 g/mol. The lowest BCUT2D eigenvalue weighted by atomic mass is 9.80. The van der Waals surface area contributed by atoms with Crippen molar-refractivity contribution in [3.8, 4) is 34.7 Å². The summed E-state index contributed by atoms with van der Waals surface area (Å²) >= 11 is 0. The van der Waals surface area contributed by atoms with E-state index in [4.69, 9.17) is 15.6 Å². The number of fused-ring (bicyclic) bond motifs is 2. The molecule has 2 aliphatic heterocycles. The van der Waals surface area contributed by atoms with Crippen LogP contribution in [0.25, 0.3) is 44.1 Å². The van der Waals surface area contributed by atoms with Gasteiger partial charge in [0.1, 0.15) is 11.4 Å². The number of nitrogens with one attached hydrogen (secondary N) is 1. The van der Waals surface area contributed by atoms with E-state index < -0.39 is 0 Å². The van der Waals surface area contributed by atoms with Crippen molar-refractivity contribution in [2.24, 2.45) is 5.41 Å². The molecule has 2 aromatic heterocycles. The minimum absolute atomic E-state index is 0. The molecule has 11 heteroatoms. The number of nitriles is 2. The van der Waals surface area contributed by atoms with E-state index in [1.54, 1.807) is 0 Å². The zero-order valence-corrected chi connectivity index (χ0v) is 34.1. The molecule has 9 nitrogen and oxygen atoms in total. The van der Waals surface area contributed by atoms with Crippen LogP contribution in [-0.2, 0) is 0 Å². The lowest BCUT2D eigenvalue weighted by molar-refractivity contribution is 0.260. The van der Waals surface area contributed by atoms with Crippen molar-refractivity contribution in [2.75, 3.05) is 36.5 Å². The number of rotatable bonds is 5. The maximum absolute atomic E-state index is 9.06. The predicted octanol–water partition coefficient (Wildman–Crippen LogP) is 9.77. The van der Waals surface area contributed by atoms with Gasteiger partial charge in [-0.15, -0.1) is 45.2 Å². The first kappa shape index (κ1) is 41.8. The van der Waals surface area contributed by atoms with Crippen molar-refractivity contribution in [1.82, 2.24) is 25.7 Å². The van der Waals surface area contributed by atoms with Crippen molar-refractivity contribution in [1.29, 1.82) is 10.5 Å². The van der Waals surface area contributed by atoms with Gasteiger partial charge in [0, 0.05) is 64.4 Å². The van der Waals surface area contributed by atoms with E-state index >= 15 is 0 Å². The van der Waals surface area contributed by atoms with Crippen LogP contribution in [0, 0.1) is 28.1 Å². The van der Waals surface area contributed by atoms with Crippen LogP contribution in [0.1, 0.15) is 64.0 Å². The fraction of sp³-hybridized carbons (Fsp3) is 0.333. The van der Waals surface area contributed by atoms with Gasteiger partial charge in [0.2, 0.25) is 0 Å². The molecule has 6 aromatic rings. The Morgan fingerprint density at radius 2 is 1.05 bits per heavy atom. The van der Waals surface area contributed by atoms with Crippen LogP contribution < -0.4 is 15.1 Å². The van der Waals surface area contributed by atoms with Crippen molar-refractivity contribution in [3.63, 3.8) is 0 Å². The Morgan fingerprint density at radius 1 is 0.589 bits per heavy atom. The summed E-state index contributed by atoms with van der Waals surface area (Å²) in [4.78, 5) is 4.81. The van der Waals surface area contributed by atoms with Gasteiger partial charge >= 0.3 is 0 Å². The Labute approximate surface area is 342 Å². The number of aromatic nitrogens is 4. The smallest absolute Gasteiger partial charge is 0.159 e. The monoisotopic (exact) mass is 785 g/mol. The molecule has 1 unspecified atom stereocenters. The van der Waals surface area contributed by atoms with Crippen LogP contribution in [-0.4, -0.2) is 59.2 Å². The van der Waals surface area contributed by atoms with Crippen molar-refractivity contribution in [2.45, 2.75) is 65.0 Å². The standard InChI is InChI=1S/C24H26N4.C21H21N5.2ClH/c1-24(2,3)21-10-6-7-15-28(21)23-20-9-5-4-8-19(20)22(26-27-23)18-13-11-17(16-25)12-14-18;1-23-17-10-12-26(13-11-17)21-19-5-3-2-4-18(19)20(24-25-21)16-8-6-15(14-22)7-9-16;;/h4-5,8-9,11-14,21H,6-7,10,15H2,1-3H3;2-9,17,23H,10-13H2,1H3;2*1H.